The highest BCUT2D eigenvalue weighted by Crippen LogP contribution is 2.32. The van der Waals surface area contributed by atoms with Crippen LogP contribution in [0.4, 0.5) is 4.79 Å². The smallest absolute Gasteiger partial charge is 0.407 e. The maximum absolute atomic E-state index is 14.2. The van der Waals surface area contributed by atoms with Crippen LogP contribution >= 0.6 is 11.3 Å². The largest absolute Gasteiger partial charge is 0.490 e. The number of rotatable bonds is 10. The van der Waals surface area contributed by atoms with Gasteiger partial charge in [0.2, 0.25) is 11.8 Å². The molecule has 2 aromatic heterocycles. The Morgan fingerprint density at radius 3 is 2.33 bits per heavy atom. The van der Waals surface area contributed by atoms with Crippen LogP contribution in [0, 0.1) is 12.3 Å². The minimum atomic E-state index is -1.03. The van der Waals surface area contributed by atoms with Gasteiger partial charge in [-0.3, -0.25) is 14.4 Å². The molecule has 0 bridgehead atoms. The van der Waals surface area contributed by atoms with Gasteiger partial charge in [0, 0.05) is 37.2 Å². The lowest BCUT2D eigenvalue weighted by molar-refractivity contribution is -0.142. The van der Waals surface area contributed by atoms with Crippen LogP contribution in [0.2, 0.25) is 0 Å². The van der Waals surface area contributed by atoms with Gasteiger partial charge in [-0.1, -0.05) is 45.0 Å². The number of thiazole rings is 1. The number of alkyl carbamates (subject to hydrolysis) is 1. The molecule has 2 aliphatic rings. The second-order valence-electron chi connectivity index (χ2n) is 16.7. The van der Waals surface area contributed by atoms with Crippen molar-refractivity contribution in [3.63, 3.8) is 0 Å². The van der Waals surface area contributed by atoms with Crippen molar-refractivity contribution in [3.05, 3.63) is 71.1 Å². The topological polar surface area (TPSA) is 172 Å². The van der Waals surface area contributed by atoms with Gasteiger partial charge in [-0.25, -0.2) is 9.78 Å². The van der Waals surface area contributed by atoms with Gasteiger partial charge in [-0.15, -0.1) is 11.3 Å². The van der Waals surface area contributed by atoms with E-state index in [1.165, 1.54) is 4.90 Å². The van der Waals surface area contributed by atoms with Crippen molar-refractivity contribution in [1.29, 1.82) is 0 Å². The SMILES string of the molecule is Cc1ncsc1-c1ccc([C@H](C)NC(=O)[C@@H]2C[C@@H](O)CN2C(=O)[C@@H](NC(=O)c2cc3cc(O[C@H]4C[C@@H](NC(=O)OC(C)(C)C)C4)ccc3o2)C(C)(C)C)cc1. The number of aromatic nitrogens is 1. The first kappa shape index (κ1) is 39.7. The predicted octanol–water partition coefficient (Wildman–Crippen LogP) is 6.28. The van der Waals surface area contributed by atoms with Crippen LogP contribution in [0.15, 0.2) is 58.5 Å². The third-order valence-corrected chi connectivity index (χ3v) is 10.8. The summed E-state index contributed by atoms with van der Waals surface area (Å²) in [6.45, 7) is 14.7. The van der Waals surface area contributed by atoms with Crippen LogP contribution < -0.4 is 20.7 Å². The van der Waals surface area contributed by atoms with E-state index >= 15 is 0 Å². The average Bonchev–Trinajstić information content (AvgIpc) is 3.82. The van der Waals surface area contributed by atoms with Crippen molar-refractivity contribution in [2.45, 2.75) is 117 Å². The van der Waals surface area contributed by atoms with Gasteiger partial charge in [0.15, 0.2) is 5.76 Å². The molecule has 1 aliphatic carbocycles. The van der Waals surface area contributed by atoms with Gasteiger partial charge in [0.1, 0.15) is 35.1 Å². The summed E-state index contributed by atoms with van der Waals surface area (Å²) in [6, 6.07) is 12.4. The van der Waals surface area contributed by atoms with Gasteiger partial charge in [0.05, 0.1) is 28.2 Å². The summed E-state index contributed by atoms with van der Waals surface area (Å²) >= 11 is 1.57. The maximum atomic E-state index is 14.2. The van der Waals surface area contributed by atoms with Gasteiger partial charge in [-0.05, 0) is 75.4 Å². The van der Waals surface area contributed by atoms with E-state index in [-0.39, 0.29) is 42.8 Å². The Morgan fingerprint density at radius 2 is 1.69 bits per heavy atom. The molecule has 0 radical (unpaired) electrons. The third kappa shape index (κ3) is 9.48. The van der Waals surface area contributed by atoms with E-state index in [0.717, 1.165) is 21.7 Å². The van der Waals surface area contributed by atoms with Crippen LogP contribution in [-0.4, -0.2) is 81.3 Å². The van der Waals surface area contributed by atoms with Crippen LogP contribution in [0.1, 0.15) is 95.6 Å². The lowest BCUT2D eigenvalue weighted by Crippen LogP contribution is -2.57. The fourth-order valence-electron chi connectivity index (χ4n) is 6.87. The summed E-state index contributed by atoms with van der Waals surface area (Å²) < 4.78 is 17.3. The normalized spacial score (nSPS) is 21.0. The number of carbonyl (C=O) groups is 4. The van der Waals surface area contributed by atoms with Crippen molar-refractivity contribution < 1.29 is 38.2 Å². The van der Waals surface area contributed by atoms with E-state index in [2.05, 4.69) is 20.9 Å². The first-order valence-electron chi connectivity index (χ1n) is 18.6. The Kier molecular flexibility index (Phi) is 11.3. The molecule has 4 aromatic rings. The van der Waals surface area contributed by atoms with Crippen LogP contribution in [0.3, 0.4) is 0 Å². The van der Waals surface area contributed by atoms with Crippen LogP contribution in [0.5, 0.6) is 5.75 Å². The molecule has 2 fully saturated rings. The number of carbonyl (C=O) groups excluding carboxylic acids is 4. The Balaban J connectivity index is 1.07. The zero-order valence-corrected chi connectivity index (χ0v) is 33.4. The highest BCUT2D eigenvalue weighted by Gasteiger charge is 2.45. The van der Waals surface area contributed by atoms with Crippen molar-refractivity contribution in [3.8, 4) is 16.2 Å². The number of ether oxygens (including phenoxy) is 2. The number of benzene rings is 2. The molecule has 1 saturated heterocycles. The van der Waals surface area contributed by atoms with E-state index in [1.54, 1.807) is 35.6 Å². The molecule has 3 heterocycles. The maximum Gasteiger partial charge on any atom is 0.407 e. The van der Waals surface area contributed by atoms with Gasteiger partial charge < -0.3 is 39.8 Å². The molecule has 4 amide bonds. The number of hydrogen-bond donors (Lipinski definition) is 4. The molecule has 13 nitrogen and oxygen atoms in total. The molecule has 55 heavy (non-hydrogen) atoms. The van der Waals surface area contributed by atoms with Crippen molar-refractivity contribution in [2.75, 3.05) is 6.54 Å². The standard InChI is InChI=1S/C41H51N5O8S/c1-22(24-9-11-25(12-10-24)34-23(2)42-21-55-34)43-36(48)31-19-28(47)20-46(31)38(50)35(40(3,4)5)45-37(49)33-16-26-15-29(13-14-32(26)53-33)52-30-17-27(18-30)44-39(51)54-41(6,7)8/h9-16,21-22,27-28,30-31,35,47H,17-20H2,1-8H3,(H,43,48)(H,44,51)(H,45,49)/t22-,27-,28+,30+,31-,35+/m0/s1. The number of likely N-dealkylation sites (tertiary alicyclic amines) is 1. The molecule has 6 rings (SSSR count). The number of fused-ring (bicyclic) bond motifs is 1. The lowest BCUT2D eigenvalue weighted by atomic mass is 9.85. The minimum absolute atomic E-state index is 0.0144. The Morgan fingerprint density at radius 1 is 0.982 bits per heavy atom. The number of β-amino-alcohol motifs (C(OH)–C–C–N with tert-alkyl or cyclic N) is 1. The van der Waals surface area contributed by atoms with Crippen molar-refractivity contribution in [2.24, 2.45) is 5.41 Å². The Hall–Kier alpha value is -4.95. The summed E-state index contributed by atoms with van der Waals surface area (Å²) in [6.07, 6.45) is -0.0893. The molecule has 294 valence electrons. The molecule has 4 atom stereocenters. The zero-order valence-electron chi connectivity index (χ0n) is 32.6. The lowest BCUT2D eigenvalue weighted by Gasteiger charge is -2.36. The second kappa shape index (κ2) is 15.7. The third-order valence-electron chi connectivity index (χ3n) is 9.86. The minimum Gasteiger partial charge on any atom is -0.490 e. The number of aliphatic hydroxyl groups is 1. The molecule has 1 aliphatic heterocycles. The van der Waals surface area contributed by atoms with E-state index in [9.17, 15) is 24.3 Å². The Bertz CT molecular complexity index is 2040. The molecule has 4 N–H and O–H groups in total. The average molecular weight is 774 g/mol. The van der Waals surface area contributed by atoms with Crippen LogP contribution in [0.25, 0.3) is 21.4 Å². The number of nitrogens with zero attached hydrogens (tertiary/aromatic N) is 2. The number of hydrogen-bond acceptors (Lipinski definition) is 10. The fraction of sp³-hybridized carbons (Fsp3) is 0.488. The number of amides is 4. The van der Waals surface area contributed by atoms with Crippen molar-refractivity contribution >= 4 is 46.1 Å². The van der Waals surface area contributed by atoms with E-state index in [1.807, 2.05) is 85.2 Å². The summed E-state index contributed by atoms with van der Waals surface area (Å²) in [4.78, 5) is 60.3. The molecular formula is C41H51N5O8S. The summed E-state index contributed by atoms with van der Waals surface area (Å²) in [7, 11) is 0. The van der Waals surface area contributed by atoms with Crippen molar-refractivity contribution in [1.82, 2.24) is 25.8 Å². The molecule has 0 spiro atoms. The number of nitrogens with one attached hydrogen (secondary N) is 3. The number of aryl methyl sites for hydroxylation is 1. The first-order chi connectivity index (χ1) is 25.8. The van der Waals surface area contributed by atoms with E-state index in [4.69, 9.17) is 13.9 Å². The predicted molar refractivity (Wildman–Crippen MR) is 209 cm³/mol. The summed E-state index contributed by atoms with van der Waals surface area (Å²) in [5.74, 6) is -0.834. The molecular weight excluding hydrogens is 723 g/mol. The Labute approximate surface area is 325 Å². The van der Waals surface area contributed by atoms with Gasteiger partial charge in [-0.2, -0.15) is 0 Å². The highest BCUT2D eigenvalue weighted by atomic mass is 32.1. The van der Waals surface area contributed by atoms with E-state index < -0.39 is 47.1 Å². The molecule has 14 heteroatoms. The zero-order chi connectivity index (χ0) is 39.8. The highest BCUT2D eigenvalue weighted by molar-refractivity contribution is 7.13. The summed E-state index contributed by atoms with van der Waals surface area (Å²) in [5.41, 5.74) is 3.86. The van der Waals surface area contributed by atoms with Gasteiger partial charge >= 0.3 is 6.09 Å². The number of furan rings is 1. The first-order valence-corrected chi connectivity index (χ1v) is 19.5. The van der Waals surface area contributed by atoms with Gasteiger partial charge in [0.25, 0.3) is 5.91 Å². The summed E-state index contributed by atoms with van der Waals surface area (Å²) in [5, 5.41) is 20.0. The molecule has 0 unspecified atom stereocenters. The number of aliphatic hydroxyl groups excluding tert-OH is 1. The molecule has 2 aromatic carbocycles. The molecule has 1 saturated carbocycles. The fourth-order valence-corrected chi connectivity index (χ4v) is 7.68. The second-order valence-corrected chi connectivity index (χ2v) is 17.5. The quantitative estimate of drug-likeness (QED) is 0.145. The van der Waals surface area contributed by atoms with Crippen LogP contribution in [-0.2, 0) is 14.3 Å². The van der Waals surface area contributed by atoms with E-state index in [0.29, 0.717) is 29.6 Å². The monoisotopic (exact) mass is 773 g/mol.